The predicted octanol–water partition coefficient (Wildman–Crippen LogP) is 3.03. The molecule has 6 heteroatoms. The van der Waals surface area contributed by atoms with E-state index in [1.54, 1.807) is 0 Å². The molecule has 1 fully saturated rings. The van der Waals surface area contributed by atoms with Gasteiger partial charge in [0.2, 0.25) is 5.91 Å². The van der Waals surface area contributed by atoms with Crippen molar-refractivity contribution in [2.24, 2.45) is 10.4 Å². The highest BCUT2D eigenvalue weighted by Crippen LogP contribution is 2.38. The van der Waals surface area contributed by atoms with Crippen LogP contribution in [0, 0.1) is 5.41 Å². The molecule has 6 nitrogen and oxygen atoms in total. The molecule has 27 heavy (non-hydrogen) atoms. The lowest BCUT2D eigenvalue weighted by molar-refractivity contribution is -0.114. The Labute approximate surface area is 162 Å². The van der Waals surface area contributed by atoms with Crippen LogP contribution in [-0.4, -0.2) is 36.7 Å². The molecule has 0 aliphatic heterocycles. The number of hydrogen-bond donors (Lipinski definition) is 4. The second-order valence-electron chi connectivity index (χ2n) is 7.46. The third-order valence-electron chi connectivity index (χ3n) is 5.20. The van der Waals surface area contributed by atoms with Gasteiger partial charge in [0.05, 0.1) is 6.54 Å². The Kier molecular flexibility index (Phi) is 8.58. The molecule has 1 aromatic rings. The normalized spacial score (nSPS) is 16.6. The van der Waals surface area contributed by atoms with Crippen molar-refractivity contribution >= 4 is 17.6 Å². The van der Waals surface area contributed by atoms with Crippen molar-refractivity contribution in [3.63, 3.8) is 0 Å². The highest BCUT2D eigenvalue weighted by Gasteiger charge is 2.31. The first kappa shape index (κ1) is 21.2. The highest BCUT2D eigenvalue weighted by molar-refractivity contribution is 5.88. The lowest BCUT2D eigenvalue weighted by atomic mass is 9.72. The van der Waals surface area contributed by atoms with Crippen LogP contribution in [0.2, 0.25) is 0 Å². The number of guanidine groups is 1. The molecule has 0 spiro atoms. The van der Waals surface area contributed by atoms with Crippen LogP contribution in [0.3, 0.4) is 0 Å². The minimum absolute atomic E-state index is 0.0766. The Balaban J connectivity index is 2.00. The van der Waals surface area contributed by atoms with Crippen molar-refractivity contribution in [3.05, 3.63) is 29.8 Å². The van der Waals surface area contributed by atoms with E-state index >= 15 is 0 Å². The second kappa shape index (κ2) is 10.9. The zero-order valence-electron chi connectivity index (χ0n) is 16.7. The minimum Gasteiger partial charge on any atom is -0.396 e. The number of anilines is 1. The van der Waals surface area contributed by atoms with Crippen molar-refractivity contribution in [3.8, 4) is 0 Å². The molecular weight excluding hydrogens is 340 g/mol. The van der Waals surface area contributed by atoms with Gasteiger partial charge in [-0.15, -0.1) is 0 Å². The first-order valence-electron chi connectivity index (χ1n) is 10.1. The molecule has 0 atom stereocenters. The van der Waals surface area contributed by atoms with E-state index in [2.05, 4.69) is 22.9 Å². The molecule has 0 heterocycles. The van der Waals surface area contributed by atoms with Crippen molar-refractivity contribution in [2.75, 3.05) is 25.0 Å². The van der Waals surface area contributed by atoms with Gasteiger partial charge >= 0.3 is 0 Å². The van der Waals surface area contributed by atoms with Crippen LogP contribution in [0.1, 0.15) is 57.9 Å². The van der Waals surface area contributed by atoms with Gasteiger partial charge < -0.3 is 21.1 Å². The smallest absolute Gasteiger partial charge is 0.221 e. The maximum Gasteiger partial charge on any atom is 0.221 e. The average Bonchev–Trinajstić information content (AvgIpc) is 2.65. The topological polar surface area (TPSA) is 85.8 Å². The van der Waals surface area contributed by atoms with E-state index in [0.717, 1.165) is 36.7 Å². The Morgan fingerprint density at radius 1 is 1.22 bits per heavy atom. The first-order chi connectivity index (χ1) is 13.1. The van der Waals surface area contributed by atoms with Crippen LogP contribution in [0.25, 0.3) is 0 Å². The molecule has 0 bridgehead atoms. The molecule has 1 aliphatic carbocycles. The summed E-state index contributed by atoms with van der Waals surface area (Å²) in [5.41, 5.74) is 2.01. The minimum atomic E-state index is -0.0766. The van der Waals surface area contributed by atoms with Crippen LogP contribution in [0.4, 0.5) is 5.69 Å². The lowest BCUT2D eigenvalue weighted by Crippen LogP contribution is -2.44. The summed E-state index contributed by atoms with van der Waals surface area (Å²) in [6, 6.07) is 7.75. The van der Waals surface area contributed by atoms with Crippen LogP contribution < -0.4 is 16.0 Å². The lowest BCUT2D eigenvalue weighted by Gasteiger charge is -2.37. The summed E-state index contributed by atoms with van der Waals surface area (Å²) in [6.45, 7) is 5.97. The summed E-state index contributed by atoms with van der Waals surface area (Å²) in [7, 11) is 0. The van der Waals surface area contributed by atoms with Gasteiger partial charge in [0, 0.05) is 32.3 Å². The maximum absolute atomic E-state index is 11.2. The van der Waals surface area contributed by atoms with Crippen molar-refractivity contribution in [1.29, 1.82) is 0 Å². The average molecular weight is 375 g/mol. The molecule has 0 unspecified atom stereocenters. The van der Waals surface area contributed by atoms with Crippen LogP contribution in [-0.2, 0) is 11.3 Å². The molecule has 1 aromatic carbocycles. The molecular formula is C21H34N4O2. The summed E-state index contributed by atoms with van der Waals surface area (Å²) in [6.07, 6.45) is 6.96. The standard InChI is InChI=1S/C21H34N4O2/c1-3-22-20(24-16-21(12-13-26)10-5-4-6-11-21)23-15-18-8-7-9-19(14-18)25-17(2)27/h7-9,14,26H,3-6,10-13,15-16H2,1-2H3,(H,25,27)(H2,22,23,24). The molecule has 2 rings (SSSR count). The number of benzene rings is 1. The molecule has 0 saturated heterocycles. The molecule has 1 amide bonds. The quantitative estimate of drug-likeness (QED) is 0.416. The SMILES string of the molecule is CCNC(=NCc1cccc(NC(C)=O)c1)NCC1(CCO)CCCCC1. The van der Waals surface area contributed by atoms with Gasteiger partial charge in [-0.1, -0.05) is 31.4 Å². The zero-order valence-corrected chi connectivity index (χ0v) is 16.7. The third-order valence-corrected chi connectivity index (χ3v) is 5.20. The first-order valence-corrected chi connectivity index (χ1v) is 10.1. The number of nitrogens with zero attached hydrogens (tertiary/aromatic N) is 1. The van der Waals surface area contributed by atoms with E-state index in [1.165, 1.54) is 39.0 Å². The molecule has 0 radical (unpaired) electrons. The third kappa shape index (κ3) is 7.21. The number of carbonyl (C=O) groups is 1. The van der Waals surface area contributed by atoms with E-state index in [4.69, 9.17) is 4.99 Å². The maximum atomic E-state index is 11.2. The number of nitrogens with one attached hydrogen (secondary N) is 3. The van der Waals surface area contributed by atoms with Gasteiger partial charge in [-0.05, 0) is 49.3 Å². The summed E-state index contributed by atoms with van der Waals surface area (Å²) in [5.74, 6) is 0.720. The van der Waals surface area contributed by atoms with Crippen LogP contribution in [0.15, 0.2) is 29.3 Å². The fourth-order valence-electron chi connectivity index (χ4n) is 3.79. The fraction of sp³-hybridized carbons (Fsp3) is 0.619. The number of aliphatic imine (C=N–C) groups is 1. The molecule has 1 saturated carbocycles. The van der Waals surface area contributed by atoms with Gasteiger partial charge in [-0.3, -0.25) is 4.79 Å². The molecule has 1 aliphatic rings. The zero-order chi connectivity index (χ0) is 19.5. The van der Waals surface area contributed by atoms with Crippen molar-refractivity contribution in [2.45, 2.75) is 58.9 Å². The Bertz CT molecular complexity index is 619. The van der Waals surface area contributed by atoms with Gasteiger partial charge in [0.25, 0.3) is 0 Å². The number of aliphatic hydroxyl groups is 1. The number of aliphatic hydroxyl groups excluding tert-OH is 1. The monoisotopic (exact) mass is 374 g/mol. The Morgan fingerprint density at radius 3 is 2.67 bits per heavy atom. The van der Waals surface area contributed by atoms with Crippen molar-refractivity contribution in [1.82, 2.24) is 10.6 Å². The number of carbonyl (C=O) groups excluding carboxylic acids is 1. The Morgan fingerprint density at radius 2 is 2.00 bits per heavy atom. The van der Waals surface area contributed by atoms with E-state index in [1.807, 2.05) is 24.3 Å². The van der Waals surface area contributed by atoms with Crippen LogP contribution in [0.5, 0.6) is 0 Å². The van der Waals surface area contributed by atoms with Gasteiger partial charge in [0.15, 0.2) is 5.96 Å². The summed E-state index contributed by atoms with van der Waals surface area (Å²) >= 11 is 0. The summed E-state index contributed by atoms with van der Waals surface area (Å²) in [5, 5.41) is 19.1. The second-order valence-corrected chi connectivity index (χ2v) is 7.46. The molecule has 4 N–H and O–H groups in total. The fourth-order valence-corrected chi connectivity index (χ4v) is 3.79. The molecule has 0 aromatic heterocycles. The van der Waals surface area contributed by atoms with E-state index < -0.39 is 0 Å². The van der Waals surface area contributed by atoms with Gasteiger partial charge in [-0.2, -0.15) is 0 Å². The van der Waals surface area contributed by atoms with E-state index in [0.29, 0.717) is 6.54 Å². The van der Waals surface area contributed by atoms with Crippen LogP contribution >= 0.6 is 0 Å². The van der Waals surface area contributed by atoms with Crippen molar-refractivity contribution < 1.29 is 9.90 Å². The van der Waals surface area contributed by atoms with Gasteiger partial charge in [0.1, 0.15) is 0 Å². The largest absolute Gasteiger partial charge is 0.396 e. The number of amides is 1. The van der Waals surface area contributed by atoms with E-state index in [9.17, 15) is 9.90 Å². The predicted molar refractivity (Wildman–Crippen MR) is 111 cm³/mol. The Hall–Kier alpha value is -2.08. The number of rotatable bonds is 8. The van der Waals surface area contributed by atoms with Gasteiger partial charge in [-0.25, -0.2) is 4.99 Å². The molecule has 150 valence electrons. The number of hydrogen-bond acceptors (Lipinski definition) is 3. The van der Waals surface area contributed by atoms with E-state index in [-0.39, 0.29) is 17.9 Å². The summed E-state index contributed by atoms with van der Waals surface area (Å²) in [4.78, 5) is 15.9. The summed E-state index contributed by atoms with van der Waals surface area (Å²) < 4.78 is 0. The highest BCUT2D eigenvalue weighted by atomic mass is 16.3.